The van der Waals surface area contributed by atoms with Gasteiger partial charge in [0.1, 0.15) is 5.54 Å². The Labute approximate surface area is 172 Å². The molecule has 1 spiro atoms. The maximum atomic E-state index is 13.7. The molecule has 0 aromatic heterocycles. The van der Waals surface area contributed by atoms with Crippen LogP contribution in [0, 0.1) is 11.8 Å². The molecule has 4 aliphatic rings. The second-order valence-electron chi connectivity index (χ2n) is 8.14. The molecule has 1 N–H and O–H groups in total. The fraction of sp³-hybridized carbons (Fsp3) is 0.318. The Morgan fingerprint density at radius 1 is 1.00 bits per heavy atom. The summed E-state index contributed by atoms with van der Waals surface area (Å²) in [5.74, 6) is -2.09. The van der Waals surface area contributed by atoms with Crippen LogP contribution in [0.4, 0.5) is 11.4 Å². The van der Waals surface area contributed by atoms with Crippen molar-refractivity contribution in [2.45, 2.75) is 24.4 Å². The number of nitrogens with one attached hydrogen (secondary N) is 1. The first kappa shape index (κ1) is 17.2. The second-order valence-corrected chi connectivity index (χ2v) is 8.54. The molecule has 6 rings (SSSR count). The number of para-hydroxylation sites is 2. The van der Waals surface area contributed by atoms with Crippen molar-refractivity contribution < 1.29 is 14.4 Å². The zero-order valence-electron chi connectivity index (χ0n) is 15.5. The summed E-state index contributed by atoms with van der Waals surface area (Å²) < 4.78 is 0. The zero-order valence-corrected chi connectivity index (χ0v) is 16.2. The number of hydrogen-bond donors (Lipinski definition) is 1. The predicted octanol–water partition coefficient (Wildman–Crippen LogP) is 2.77. The number of amides is 3. The number of halogens is 1. The summed E-state index contributed by atoms with van der Waals surface area (Å²) in [6.07, 6.45) is 1.70. The van der Waals surface area contributed by atoms with Gasteiger partial charge in [-0.05, 0) is 37.6 Å². The zero-order chi connectivity index (χ0) is 19.9. The minimum Gasteiger partial charge on any atom is -0.324 e. The number of rotatable bonds is 1. The smallest absolute Gasteiger partial charge is 0.250 e. The molecule has 0 saturated carbocycles. The van der Waals surface area contributed by atoms with E-state index in [1.165, 1.54) is 4.90 Å². The molecule has 0 radical (unpaired) electrons. The lowest BCUT2D eigenvalue weighted by atomic mass is 9.75. The first-order valence-electron chi connectivity index (χ1n) is 9.87. The third-order valence-electron chi connectivity index (χ3n) is 6.99. The summed E-state index contributed by atoms with van der Waals surface area (Å²) in [5.41, 5.74) is 0.780. The number of anilines is 2. The van der Waals surface area contributed by atoms with Gasteiger partial charge in [-0.15, -0.1) is 0 Å². The van der Waals surface area contributed by atoms with E-state index >= 15 is 0 Å². The van der Waals surface area contributed by atoms with Crippen LogP contribution in [0.1, 0.15) is 18.4 Å². The number of hydrogen-bond acceptors (Lipinski definition) is 4. The van der Waals surface area contributed by atoms with E-state index in [1.807, 2.05) is 24.3 Å². The van der Waals surface area contributed by atoms with E-state index in [1.54, 1.807) is 24.3 Å². The summed E-state index contributed by atoms with van der Waals surface area (Å²) in [4.78, 5) is 44.0. The van der Waals surface area contributed by atoms with Gasteiger partial charge in [-0.1, -0.05) is 41.9 Å². The Hall–Kier alpha value is -2.70. The van der Waals surface area contributed by atoms with Crippen molar-refractivity contribution in [2.75, 3.05) is 16.8 Å². The third kappa shape index (κ3) is 1.89. The summed E-state index contributed by atoms with van der Waals surface area (Å²) in [6, 6.07) is 14.2. The average Bonchev–Trinajstić information content (AvgIpc) is 3.41. The van der Waals surface area contributed by atoms with Crippen molar-refractivity contribution in [3.63, 3.8) is 0 Å². The minimum atomic E-state index is -1.13. The van der Waals surface area contributed by atoms with Crippen LogP contribution in [0.15, 0.2) is 48.5 Å². The van der Waals surface area contributed by atoms with Gasteiger partial charge in [0.2, 0.25) is 17.7 Å². The highest BCUT2D eigenvalue weighted by molar-refractivity contribution is 6.36. The molecule has 0 bridgehead atoms. The van der Waals surface area contributed by atoms with E-state index in [0.29, 0.717) is 17.3 Å². The number of fused-ring (bicyclic) bond motifs is 7. The molecule has 2 aromatic rings. The molecule has 146 valence electrons. The van der Waals surface area contributed by atoms with Crippen molar-refractivity contribution in [1.82, 2.24) is 4.90 Å². The van der Waals surface area contributed by atoms with Crippen LogP contribution in [-0.4, -0.2) is 35.2 Å². The lowest BCUT2D eigenvalue weighted by Crippen LogP contribution is -2.54. The first-order valence-corrected chi connectivity index (χ1v) is 10.2. The second kappa shape index (κ2) is 5.68. The van der Waals surface area contributed by atoms with Crippen LogP contribution in [0.25, 0.3) is 0 Å². The van der Waals surface area contributed by atoms with Gasteiger partial charge >= 0.3 is 0 Å². The first-order chi connectivity index (χ1) is 14.1. The highest BCUT2D eigenvalue weighted by atomic mass is 35.5. The summed E-state index contributed by atoms with van der Waals surface area (Å²) >= 11 is 6.33. The molecular weight excluding hydrogens is 390 g/mol. The maximum absolute atomic E-state index is 13.7. The van der Waals surface area contributed by atoms with Crippen LogP contribution in [-0.2, 0) is 19.9 Å². The lowest BCUT2D eigenvalue weighted by molar-refractivity contribution is -0.135. The highest BCUT2D eigenvalue weighted by Gasteiger charge is 2.74. The van der Waals surface area contributed by atoms with Crippen molar-refractivity contribution in [3.8, 4) is 0 Å². The Bertz CT molecular complexity index is 1100. The largest absolute Gasteiger partial charge is 0.324 e. The van der Waals surface area contributed by atoms with Crippen LogP contribution >= 0.6 is 11.6 Å². The van der Waals surface area contributed by atoms with Crippen LogP contribution < -0.4 is 10.2 Å². The molecule has 6 nitrogen and oxygen atoms in total. The molecular formula is C22H18ClN3O3. The fourth-order valence-corrected chi connectivity index (χ4v) is 6.25. The molecule has 4 heterocycles. The molecule has 3 saturated heterocycles. The minimum absolute atomic E-state index is 0.124. The normalized spacial score (nSPS) is 32.7. The van der Waals surface area contributed by atoms with Gasteiger partial charge in [0, 0.05) is 17.3 Å². The fourth-order valence-electron chi connectivity index (χ4n) is 6.03. The van der Waals surface area contributed by atoms with Crippen molar-refractivity contribution in [1.29, 1.82) is 0 Å². The molecule has 4 atom stereocenters. The van der Waals surface area contributed by atoms with Crippen LogP contribution in [0.3, 0.4) is 0 Å². The molecule has 3 amide bonds. The average molecular weight is 408 g/mol. The number of nitrogens with zero attached hydrogens (tertiary/aromatic N) is 2. The van der Waals surface area contributed by atoms with E-state index in [4.69, 9.17) is 11.6 Å². The Balaban J connectivity index is 1.58. The highest BCUT2D eigenvalue weighted by Crippen LogP contribution is 2.60. The van der Waals surface area contributed by atoms with Gasteiger partial charge in [-0.3, -0.25) is 19.3 Å². The lowest BCUT2D eigenvalue weighted by Gasteiger charge is -2.36. The van der Waals surface area contributed by atoms with Crippen molar-refractivity contribution in [3.05, 3.63) is 59.1 Å². The monoisotopic (exact) mass is 407 g/mol. The van der Waals surface area contributed by atoms with Crippen LogP contribution in [0.5, 0.6) is 0 Å². The standard InChI is InChI=1S/C22H18ClN3O3/c23-13-7-2-4-9-15(13)26-19(27)17-16-10-5-11-25(16)22(18(17)20(26)28)12-6-1-3-8-14(12)24-21(22)29/h1-4,6-9,16-18H,5,10-11H2,(H,24,29)/t16-,17-,18-,22+/m1/s1. The van der Waals surface area contributed by atoms with Gasteiger partial charge in [0.05, 0.1) is 22.5 Å². The van der Waals surface area contributed by atoms with Crippen LogP contribution in [0.2, 0.25) is 5.02 Å². The predicted molar refractivity (Wildman–Crippen MR) is 107 cm³/mol. The maximum Gasteiger partial charge on any atom is 0.250 e. The molecule has 4 aliphatic heterocycles. The molecule has 2 aromatic carbocycles. The van der Waals surface area contributed by atoms with Gasteiger partial charge in [0.15, 0.2) is 0 Å². The van der Waals surface area contributed by atoms with Crippen molar-refractivity contribution in [2.24, 2.45) is 11.8 Å². The SMILES string of the molecule is O=C1[C@@H]2[C@H]3CCCN3[C@]3(C(=O)Nc4ccccc43)[C@H]2C(=O)N1c1ccccc1Cl. The number of carbonyl (C=O) groups is 3. The van der Waals surface area contributed by atoms with Gasteiger partial charge in [0.25, 0.3) is 0 Å². The quantitative estimate of drug-likeness (QED) is 0.738. The topological polar surface area (TPSA) is 69.7 Å². The van der Waals surface area contributed by atoms with Gasteiger partial charge in [-0.25, -0.2) is 4.90 Å². The summed E-state index contributed by atoms with van der Waals surface area (Å²) in [6.45, 7) is 0.700. The van der Waals surface area contributed by atoms with E-state index in [9.17, 15) is 14.4 Å². The molecule has 0 unspecified atom stereocenters. The summed E-state index contributed by atoms with van der Waals surface area (Å²) in [5, 5.41) is 3.32. The van der Waals surface area contributed by atoms with E-state index in [-0.39, 0.29) is 23.8 Å². The number of carbonyl (C=O) groups excluding carboxylic acids is 3. The van der Waals surface area contributed by atoms with Gasteiger partial charge in [-0.2, -0.15) is 0 Å². The van der Waals surface area contributed by atoms with Gasteiger partial charge < -0.3 is 5.32 Å². The van der Waals surface area contributed by atoms with E-state index < -0.39 is 17.4 Å². The van der Waals surface area contributed by atoms with E-state index in [2.05, 4.69) is 10.2 Å². The Morgan fingerprint density at radius 2 is 1.76 bits per heavy atom. The van der Waals surface area contributed by atoms with E-state index in [0.717, 1.165) is 24.1 Å². The number of benzene rings is 2. The number of imide groups is 1. The Kier molecular flexibility index (Phi) is 3.36. The Morgan fingerprint density at radius 3 is 2.59 bits per heavy atom. The van der Waals surface area contributed by atoms with Crippen molar-refractivity contribution >= 4 is 40.7 Å². The molecule has 3 fully saturated rings. The third-order valence-corrected chi connectivity index (χ3v) is 7.31. The molecule has 7 heteroatoms. The summed E-state index contributed by atoms with van der Waals surface area (Å²) in [7, 11) is 0. The molecule has 29 heavy (non-hydrogen) atoms. The molecule has 0 aliphatic carbocycles.